The molecule has 0 aliphatic rings. The Labute approximate surface area is 152 Å². The van der Waals surface area contributed by atoms with Crippen LogP contribution in [0.5, 0.6) is 0 Å². The van der Waals surface area contributed by atoms with Gasteiger partial charge in [-0.1, -0.05) is 51.8 Å². The first-order chi connectivity index (χ1) is 11.0. The van der Waals surface area contributed by atoms with Crippen LogP contribution in [0.3, 0.4) is 0 Å². The molecule has 0 bridgehead atoms. The molecule has 0 unspecified atom stereocenters. The second-order valence-electron chi connectivity index (χ2n) is 5.31. The number of aromatic nitrogens is 2. The molecule has 0 saturated carbocycles. The predicted octanol–water partition coefficient (Wildman–Crippen LogP) is 4.93. The van der Waals surface area contributed by atoms with E-state index >= 15 is 0 Å². The molecule has 23 heavy (non-hydrogen) atoms. The molecule has 1 aromatic heterocycles. The van der Waals surface area contributed by atoms with Crippen LogP contribution in [-0.4, -0.2) is 20.7 Å². The average molecular weight is 446 g/mol. The molecule has 3 nitrogen and oxygen atoms in total. The van der Waals surface area contributed by atoms with Crippen molar-refractivity contribution < 1.29 is 9.18 Å². The van der Waals surface area contributed by atoms with Crippen molar-refractivity contribution >= 4 is 37.6 Å². The van der Waals surface area contributed by atoms with Gasteiger partial charge in [0.1, 0.15) is 17.3 Å². The first-order valence-corrected chi connectivity index (χ1v) is 9.54. The van der Waals surface area contributed by atoms with Crippen LogP contribution in [-0.2, 0) is 19.4 Å². The van der Waals surface area contributed by atoms with Crippen LogP contribution in [0.25, 0.3) is 0 Å². The molecule has 6 heteroatoms. The van der Waals surface area contributed by atoms with Gasteiger partial charge in [0.2, 0.25) is 0 Å². The highest BCUT2D eigenvalue weighted by Crippen LogP contribution is 2.21. The Morgan fingerprint density at radius 3 is 2.65 bits per heavy atom. The Balaban J connectivity index is 2.53. The van der Waals surface area contributed by atoms with Gasteiger partial charge in [-0.2, -0.15) is 0 Å². The number of ketones is 1. The molecule has 1 heterocycles. The van der Waals surface area contributed by atoms with Crippen LogP contribution in [0.2, 0.25) is 0 Å². The average Bonchev–Trinajstić information content (AvgIpc) is 2.87. The molecule has 0 spiro atoms. The lowest BCUT2D eigenvalue weighted by Crippen LogP contribution is -2.15. The number of rotatable bonds is 7. The van der Waals surface area contributed by atoms with Gasteiger partial charge in [0.15, 0.2) is 5.78 Å². The zero-order valence-corrected chi connectivity index (χ0v) is 16.4. The van der Waals surface area contributed by atoms with Gasteiger partial charge in [-0.05, 0) is 25.0 Å². The highest BCUT2D eigenvalue weighted by atomic mass is 79.9. The molecule has 0 amide bonds. The lowest BCUT2D eigenvalue weighted by atomic mass is 10.1. The number of benzene rings is 1. The van der Waals surface area contributed by atoms with E-state index in [0.29, 0.717) is 28.7 Å². The van der Waals surface area contributed by atoms with Gasteiger partial charge in [-0.25, -0.2) is 9.37 Å². The number of halogens is 3. The molecule has 0 aliphatic heterocycles. The van der Waals surface area contributed by atoms with Crippen LogP contribution in [0, 0.1) is 5.82 Å². The lowest BCUT2D eigenvalue weighted by Gasteiger charge is -2.12. The van der Waals surface area contributed by atoms with Crippen molar-refractivity contribution in [1.82, 2.24) is 9.55 Å². The number of hydrogen-bond acceptors (Lipinski definition) is 2. The molecule has 0 aliphatic carbocycles. The van der Waals surface area contributed by atoms with E-state index < -0.39 is 0 Å². The minimum atomic E-state index is -0.286. The van der Waals surface area contributed by atoms with E-state index in [1.165, 1.54) is 6.07 Å². The third-order valence-corrected chi connectivity index (χ3v) is 4.66. The van der Waals surface area contributed by atoms with Crippen LogP contribution >= 0.6 is 31.9 Å². The first kappa shape index (κ1) is 18.3. The van der Waals surface area contributed by atoms with E-state index in [4.69, 9.17) is 0 Å². The Hall–Kier alpha value is -1.01. The lowest BCUT2D eigenvalue weighted by molar-refractivity contribution is 0.101. The maximum absolute atomic E-state index is 14.2. The first-order valence-electron chi connectivity index (χ1n) is 7.63. The van der Waals surface area contributed by atoms with Gasteiger partial charge in [0.25, 0.3) is 0 Å². The summed E-state index contributed by atoms with van der Waals surface area (Å²) in [6, 6.07) is 4.99. The van der Waals surface area contributed by atoms with Crippen LogP contribution in [0.1, 0.15) is 47.8 Å². The summed E-state index contributed by atoms with van der Waals surface area (Å²) >= 11 is 6.50. The van der Waals surface area contributed by atoms with Gasteiger partial charge in [-0.15, -0.1) is 0 Å². The molecular formula is C17H19Br2FN2O. The second-order valence-corrected chi connectivity index (χ2v) is 6.78. The molecule has 0 N–H and O–H groups in total. The zero-order chi connectivity index (χ0) is 17.0. The maximum atomic E-state index is 14.2. The zero-order valence-electron chi connectivity index (χ0n) is 13.2. The maximum Gasteiger partial charge on any atom is 0.191 e. The molecule has 1 aromatic carbocycles. The van der Waals surface area contributed by atoms with Crippen molar-refractivity contribution in [1.29, 1.82) is 0 Å². The smallest absolute Gasteiger partial charge is 0.191 e. The van der Waals surface area contributed by atoms with E-state index in [9.17, 15) is 9.18 Å². The normalized spacial score (nSPS) is 11.0. The summed E-state index contributed by atoms with van der Waals surface area (Å²) in [6.45, 7) is 4.36. The number of imidazole rings is 1. The largest absolute Gasteiger partial charge is 0.321 e. The fraction of sp³-hybridized carbons (Fsp3) is 0.412. The predicted molar refractivity (Wildman–Crippen MR) is 96.9 cm³/mol. The number of nitrogens with zero attached hydrogens (tertiary/aromatic N) is 2. The molecule has 0 fully saturated rings. The fourth-order valence-electron chi connectivity index (χ4n) is 2.58. The van der Waals surface area contributed by atoms with E-state index in [2.05, 4.69) is 43.8 Å². The molecule has 0 saturated heterocycles. The van der Waals surface area contributed by atoms with Crippen molar-refractivity contribution in [3.63, 3.8) is 0 Å². The molecule has 124 valence electrons. The number of carbonyl (C=O) groups excluding carboxylic acids is 1. The van der Waals surface area contributed by atoms with Gasteiger partial charge in [0.05, 0.1) is 17.6 Å². The van der Waals surface area contributed by atoms with Crippen molar-refractivity contribution in [2.24, 2.45) is 0 Å². The summed E-state index contributed by atoms with van der Waals surface area (Å²) in [5.41, 5.74) is 1.93. The van der Waals surface area contributed by atoms with Crippen LogP contribution < -0.4 is 0 Å². The number of aryl methyl sites for hydroxylation is 2. The van der Waals surface area contributed by atoms with Crippen molar-refractivity contribution in [3.05, 3.63) is 51.3 Å². The second kappa shape index (κ2) is 8.20. The molecule has 2 aromatic rings. The third-order valence-electron chi connectivity index (χ3n) is 3.66. The Kier molecular flexibility index (Phi) is 6.53. The number of alkyl halides is 1. The Morgan fingerprint density at radius 1 is 1.35 bits per heavy atom. The van der Waals surface area contributed by atoms with Crippen LogP contribution in [0.4, 0.5) is 4.39 Å². The van der Waals surface area contributed by atoms with Gasteiger partial charge >= 0.3 is 0 Å². The van der Waals surface area contributed by atoms with Gasteiger partial charge < -0.3 is 4.57 Å². The van der Waals surface area contributed by atoms with E-state index in [0.717, 1.165) is 24.4 Å². The summed E-state index contributed by atoms with van der Waals surface area (Å²) in [6.07, 6.45) is 2.37. The summed E-state index contributed by atoms with van der Waals surface area (Å²) in [5.74, 6) is 0.538. The molecular weight excluding hydrogens is 427 g/mol. The minimum absolute atomic E-state index is 0.0192. The van der Waals surface area contributed by atoms with Crippen molar-refractivity contribution in [2.45, 2.75) is 39.7 Å². The fourth-order valence-corrected chi connectivity index (χ4v) is 3.18. The highest BCUT2D eigenvalue weighted by Gasteiger charge is 2.21. The number of Topliss-reactive ketones (excluding diaryl/α,β-unsaturated/α-hetero) is 1. The quantitative estimate of drug-likeness (QED) is 0.447. The summed E-state index contributed by atoms with van der Waals surface area (Å²) in [5, 5.41) is 0.236. The topological polar surface area (TPSA) is 34.9 Å². The Morgan fingerprint density at radius 2 is 2.09 bits per heavy atom. The van der Waals surface area contributed by atoms with E-state index in [1.807, 2.05) is 17.6 Å². The minimum Gasteiger partial charge on any atom is -0.321 e. The number of hydrogen-bond donors (Lipinski definition) is 0. The van der Waals surface area contributed by atoms with Gasteiger partial charge in [0, 0.05) is 16.5 Å². The van der Waals surface area contributed by atoms with E-state index in [-0.39, 0.29) is 16.9 Å². The molecule has 0 atom stereocenters. The Bertz CT molecular complexity index is 713. The summed E-state index contributed by atoms with van der Waals surface area (Å²) in [7, 11) is 0. The van der Waals surface area contributed by atoms with Crippen molar-refractivity contribution in [3.8, 4) is 0 Å². The standard InChI is InChI=1S/C17H19Br2FN2O/c1-3-5-16-21-14(4-2)17(15(23)9-18)22(16)10-11-6-7-12(19)8-13(11)20/h6-8H,3-5,9-10H2,1-2H3. The monoisotopic (exact) mass is 444 g/mol. The van der Waals surface area contributed by atoms with E-state index in [1.54, 1.807) is 6.07 Å². The van der Waals surface area contributed by atoms with Crippen LogP contribution in [0.15, 0.2) is 22.7 Å². The molecule has 0 radical (unpaired) electrons. The van der Waals surface area contributed by atoms with Crippen molar-refractivity contribution in [2.75, 3.05) is 5.33 Å². The summed E-state index contributed by atoms with van der Waals surface area (Å²) in [4.78, 5) is 17.0. The number of carbonyl (C=O) groups is 1. The third kappa shape index (κ3) is 4.10. The van der Waals surface area contributed by atoms with Gasteiger partial charge in [-0.3, -0.25) is 4.79 Å². The summed E-state index contributed by atoms with van der Waals surface area (Å²) < 4.78 is 16.8. The highest BCUT2D eigenvalue weighted by molar-refractivity contribution is 9.10. The molecule has 2 rings (SSSR count). The SMILES string of the molecule is CCCc1nc(CC)c(C(=O)CBr)n1Cc1ccc(Br)cc1F.